The Morgan fingerprint density at radius 3 is 2.17 bits per heavy atom. The Bertz CT molecular complexity index is 544. The summed E-state index contributed by atoms with van der Waals surface area (Å²) in [4.78, 5) is 0. The zero-order valence-electron chi connectivity index (χ0n) is 10.4. The molecule has 0 spiro atoms. The van der Waals surface area contributed by atoms with Crippen molar-refractivity contribution in [2.45, 2.75) is 20.4 Å². The van der Waals surface area contributed by atoms with Crippen molar-refractivity contribution in [1.29, 1.82) is 0 Å². The second-order valence-corrected chi connectivity index (χ2v) is 4.43. The zero-order chi connectivity index (χ0) is 13.1. The van der Waals surface area contributed by atoms with Gasteiger partial charge in [0, 0.05) is 18.3 Å². The standard InChI is InChI=1S/C15H15F2N/c1-10-3-4-12(5-11(10)2)9-18-15-7-13(16)6-14(17)8-15/h3-8,18H,9H2,1-2H3. The summed E-state index contributed by atoms with van der Waals surface area (Å²) in [6.45, 7) is 4.64. The van der Waals surface area contributed by atoms with E-state index in [1.165, 1.54) is 23.3 Å². The number of benzene rings is 2. The summed E-state index contributed by atoms with van der Waals surface area (Å²) in [7, 11) is 0. The lowest BCUT2D eigenvalue weighted by Gasteiger charge is -2.08. The first-order valence-corrected chi connectivity index (χ1v) is 5.81. The highest BCUT2D eigenvalue weighted by molar-refractivity contribution is 5.44. The van der Waals surface area contributed by atoms with Gasteiger partial charge in [-0.3, -0.25) is 0 Å². The van der Waals surface area contributed by atoms with E-state index in [9.17, 15) is 8.78 Å². The summed E-state index contributed by atoms with van der Waals surface area (Å²) in [5.41, 5.74) is 3.98. The number of rotatable bonds is 3. The van der Waals surface area contributed by atoms with Gasteiger partial charge in [-0.1, -0.05) is 18.2 Å². The lowest BCUT2D eigenvalue weighted by atomic mass is 10.1. The summed E-state index contributed by atoms with van der Waals surface area (Å²) in [5.74, 6) is -1.14. The third-order valence-corrected chi connectivity index (χ3v) is 2.93. The van der Waals surface area contributed by atoms with E-state index < -0.39 is 11.6 Å². The van der Waals surface area contributed by atoms with E-state index in [1.807, 2.05) is 19.1 Å². The molecule has 1 N–H and O–H groups in total. The maximum absolute atomic E-state index is 13.0. The predicted molar refractivity (Wildman–Crippen MR) is 69.6 cm³/mol. The van der Waals surface area contributed by atoms with Gasteiger partial charge >= 0.3 is 0 Å². The normalized spacial score (nSPS) is 10.4. The minimum atomic E-state index is -0.572. The smallest absolute Gasteiger partial charge is 0.128 e. The van der Waals surface area contributed by atoms with Crippen molar-refractivity contribution >= 4 is 5.69 Å². The Hall–Kier alpha value is -1.90. The van der Waals surface area contributed by atoms with Gasteiger partial charge in [0.25, 0.3) is 0 Å². The second-order valence-electron chi connectivity index (χ2n) is 4.43. The SMILES string of the molecule is Cc1ccc(CNc2cc(F)cc(F)c2)cc1C. The molecule has 0 aliphatic carbocycles. The quantitative estimate of drug-likeness (QED) is 0.857. The average molecular weight is 247 g/mol. The first-order chi connectivity index (χ1) is 8.54. The van der Waals surface area contributed by atoms with Crippen molar-refractivity contribution < 1.29 is 8.78 Å². The fourth-order valence-corrected chi connectivity index (χ4v) is 1.77. The largest absolute Gasteiger partial charge is 0.381 e. The highest BCUT2D eigenvalue weighted by Gasteiger charge is 2.01. The molecule has 3 heteroatoms. The van der Waals surface area contributed by atoms with Crippen molar-refractivity contribution in [3.63, 3.8) is 0 Å². The van der Waals surface area contributed by atoms with Crippen LogP contribution in [0.15, 0.2) is 36.4 Å². The molecule has 0 unspecified atom stereocenters. The van der Waals surface area contributed by atoms with Crippen molar-refractivity contribution in [2.75, 3.05) is 5.32 Å². The summed E-state index contributed by atoms with van der Waals surface area (Å²) in [6, 6.07) is 9.54. The molecule has 0 saturated carbocycles. The van der Waals surface area contributed by atoms with Crippen LogP contribution >= 0.6 is 0 Å². The number of aryl methyl sites for hydroxylation is 2. The fourth-order valence-electron chi connectivity index (χ4n) is 1.77. The van der Waals surface area contributed by atoms with Gasteiger partial charge in [-0.2, -0.15) is 0 Å². The summed E-state index contributed by atoms with van der Waals surface area (Å²) >= 11 is 0. The molecule has 18 heavy (non-hydrogen) atoms. The van der Waals surface area contributed by atoms with E-state index in [0.717, 1.165) is 11.6 Å². The maximum atomic E-state index is 13.0. The number of hydrogen-bond donors (Lipinski definition) is 1. The van der Waals surface area contributed by atoms with E-state index in [1.54, 1.807) is 0 Å². The van der Waals surface area contributed by atoms with Gasteiger partial charge in [0.1, 0.15) is 11.6 Å². The van der Waals surface area contributed by atoms with Crippen LogP contribution in [0.1, 0.15) is 16.7 Å². The van der Waals surface area contributed by atoms with E-state index in [2.05, 4.69) is 18.3 Å². The highest BCUT2D eigenvalue weighted by atomic mass is 19.1. The van der Waals surface area contributed by atoms with Gasteiger partial charge in [0.2, 0.25) is 0 Å². The van der Waals surface area contributed by atoms with Crippen LogP contribution in [0.2, 0.25) is 0 Å². The van der Waals surface area contributed by atoms with Gasteiger partial charge in [0.05, 0.1) is 0 Å². The molecule has 94 valence electrons. The monoisotopic (exact) mass is 247 g/mol. The molecule has 0 aliphatic rings. The molecule has 0 aromatic heterocycles. The molecule has 0 amide bonds. The molecular formula is C15H15F2N. The van der Waals surface area contributed by atoms with Gasteiger partial charge in [-0.05, 0) is 42.7 Å². The van der Waals surface area contributed by atoms with Gasteiger partial charge < -0.3 is 5.32 Å². The van der Waals surface area contributed by atoms with Gasteiger partial charge in [-0.15, -0.1) is 0 Å². The van der Waals surface area contributed by atoms with Crippen LogP contribution < -0.4 is 5.32 Å². The van der Waals surface area contributed by atoms with Crippen molar-refractivity contribution in [1.82, 2.24) is 0 Å². The number of halogens is 2. The molecule has 1 nitrogen and oxygen atoms in total. The fraction of sp³-hybridized carbons (Fsp3) is 0.200. The number of hydrogen-bond acceptors (Lipinski definition) is 1. The zero-order valence-corrected chi connectivity index (χ0v) is 10.4. The molecule has 0 fully saturated rings. The average Bonchev–Trinajstić information content (AvgIpc) is 2.29. The van der Waals surface area contributed by atoms with Crippen LogP contribution in [0.5, 0.6) is 0 Å². The topological polar surface area (TPSA) is 12.0 Å². The summed E-state index contributed by atoms with van der Waals surface area (Å²) in [5, 5.41) is 3.01. The lowest BCUT2D eigenvalue weighted by molar-refractivity contribution is 0.584. The van der Waals surface area contributed by atoms with Crippen LogP contribution in [0.4, 0.5) is 14.5 Å². The van der Waals surface area contributed by atoms with E-state index in [-0.39, 0.29) is 0 Å². The molecule has 2 aromatic rings. The molecular weight excluding hydrogens is 232 g/mol. The first kappa shape index (κ1) is 12.6. The molecule has 0 atom stereocenters. The van der Waals surface area contributed by atoms with Crippen LogP contribution in [-0.2, 0) is 6.54 Å². The minimum absolute atomic E-state index is 0.450. The van der Waals surface area contributed by atoms with Crippen LogP contribution in [-0.4, -0.2) is 0 Å². The summed E-state index contributed by atoms with van der Waals surface area (Å²) < 4.78 is 26.0. The molecule has 0 bridgehead atoms. The number of anilines is 1. The van der Waals surface area contributed by atoms with Crippen molar-refractivity contribution in [2.24, 2.45) is 0 Å². The first-order valence-electron chi connectivity index (χ1n) is 5.81. The van der Waals surface area contributed by atoms with Crippen LogP contribution in [0, 0.1) is 25.5 Å². The Balaban J connectivity index is 2.08. The highest BCUT2D eigenvalue weighted by Crippen LogP contribution is 2.15. The van der Waals surface area contributed by atoms with Crippen LogP contribution in [0.3, 0.4) is 0 Å². The van der Waals surface area contributed by atoms with Gasteiger partial charge in [-0.25, -0.2) is 8.78 Å². The molecule has 2 aromatic carbocycles. The second kappa shape index (κ2) is 5.17. The van der Waals surface area contributed by atoms with E-state index >= 15 is 0 Å². The van der Waals surface area contributed by atoms with E-state index in [0.29, 0.717) is 12.2 Å². The Morgan fingerprint density at radius 1 is 0.889 bits per heavy atom. The third-order valence-electron chi connectivity index (χ3n) is 2.93. The van der Waals surface area contributed by atoms with Crippen LogP contribution in [0.25, 0.3) is 0 Å². The van der Waals surface area contributed by atoms with Crippen molar-refractivity contribution in [3.8, 4) is 0 Å². The molecule has 0 saturated heterocycles. The number of nitrogens with one attached hydrogen (secondary N) is 1. The molecule has 0 heterocycles. The Labute approximate surface area is 105 Å². The molecule has 0 aliphatic heterocycles. The lowest BCUT2D eigenvalue weighted by Crippen LogP contribution is -2.01. The minimum Gasteiger partial charge on any atom is -0.381 e. The summed E-state index contributed by atoms with van der Waals surface area (Å²) in [6.07, 6.45) is 0. The van der Waals surface area contributed by atoms with Gasteiger partial charge in [0.15, 0.2) is 0 Å². The Kier molecular flexibility index (Phi) is 3.60. The predicted octanol–water partition coefficient (Wildman–Crippen LogP) is 4.19. The van der Waals surface area contributed by atoms with Crippen molar-refractivity contribution in [3.05, 3.63) is 64.7 Å². The maximum Gasteiger partial charge on any atom is 0.128 e. The Morgan fingerprint density at radius 2 is 1.56 bits per heavy atom. The molecule has 2 rings (SSSR count). The van der Waals surface area contributed by atoms with E-state index in [4.69, 9.17) is 0 Å². The third kappa shape index (κ3) is 3.06. The molecule has 0 radical (unpaired) electrons.